The largest absolute Gasteiger partial charge is 0.543 e. The first-order chi connectivity index (χ1) is 21.5. The fourth-order valence-corrected chi connectivity index (χ4v) is 5.67. The zero-order valence-electron chi connectivity index (χ0n) is 29.8. The van der Waals surface area contributed by atoms with E-state index in [9.17, 15) is 19.2 Å². The van der Waals surface area contributed by atoms with Crippen LogP contribution >= 0.6 is 0 Å². The van der Waals surface area contributed by atoms with Crippen LogP contribution in [-0.4, -0.2) is 68.8 Å². The Balaban J connectivity index is 2.30. The molecular formula is C35H51NO10Si. The van der Waals surface area contributed by atoms with Gasteiger partial charge in [0.15, 0.2) is 11.6 Å². The molecule has 1 amide bonds. The zero-order valence-corrected chi connectivity index (χ0v) is 30.8. The maximum atomic E-state index is 14.1. The molecule has 0 bridgehead atoms. The van der Waals surface area contributed by atoms with E-state index in [0.29, 0.717) is 11.8 Å². The minimum Gasteiger partial charge on any atom is -0.543 e. The summed E-state index contributed by atoms with van der Waals surface area (Å²) in [4.78, 5) is 57.5. The molecular weight excluding hydrogens is 622 g/mol. The number of anilines is 1. The van der Waals surface area contributed by atoms with Gasteiger partial charge in [-0.15, -0.1) is 0 Å². The van der Waals surface area contributed by atoms with Crippen LogP contribution in [0.25, 0.3) is 6.08 Å². The van der Waals surface area contributed by atoms with Gasteiger partial charge >= 0.3 is 12.1 Å². The Morgan fingerprint density at radius 3 is 2.32 bits per heavy atom. The number of amides is 1. The van der Waals surface area contributed by atoms with E-state index in [1.165, 1.54) is 12.1 Å². The summed E-state index contributed by atoms with van der Waals surface area (Å²) in [5, 5.41) is 0.625. The lowest BCUT2D eigenvalue weighted by Crippen LogP contribution is -2.44. The van der Waals surface area contributed by atoms with Gasteiger partial charge < -0.3 is 28.2 Å². The third-order valence-electron chi connectivity index (χ3n) is 8.29. The molecule has 2 aliphatic heterocycles. The number of rotatable bonds is 6. The van der Waals surface area contributed by atoms with Crippen molar-refractivity contribution >= 4 is 44.2 Å². The number of benzene rings is 1. The second kappa shape index (κ2) is 14.4. The molecule has 1 saturated heterocycles. The highest BCUT2D eigenvalue weighted by atomic mass is 28.4. The monoisotopic (exact) mass is 673 g/mol. The van der Waals surface area contributed by atoms with E-state index >= 15 is 0 Å². The molecule has 260 valence electrons. The van der Waals surface area contributed by atoms with E-state index in [0.717, 1.165) is 5.06 Å². The highest BCUT2D eigenvalue weighted by molar-refractivity contribution is 6.74. The van der Waals surface area contributed by atoms with E-state index < -0.39 is 56.7 Å². The first-order valence-corrected chi connectivity index (χ1v) is 18.9. The van der Waals surface area contributed by atoms with Crippen LogP contribution in [-0.2, 0) is 33.4 Å². The Hall–Kier alpha value is -3.32. The van der Waals surface area contributed by atoms with Gasteiger partial charge in [-0.1, -0.05) is 45.9 Å². The van der Waals surface area contributed by atoms with Gasteiger partial charge in [0.05, 0.1) is 11.8 Å². The first kappa shape index (κ1) is 38.1. The second-order valence-electron chi connectivity index (χ2n) is 15.0. The number of hydrogen-bond donors (Lipinski definition) is 0. The van der Waals surface area contributed by atoms with E-state index in [1.54, 1.807) is 65.8 Å². The van der Waals surface area contributed by atoms with E-state index in [1.807, 2.05) is 20.0 Å². The number of aldehydes is 1. The summed E-state index contributed by atoms with van der Waals surface area (Å²) in [6, 6.07) is 3.10. The number of carbonyl (C=O) groups excluding carboxylic acids is 4. The zero-order chi connectivity index (χ0) is 35.5. The molecule has 2 aliphatic rings. The summed E-state index contributed by atoms with van der Waals surface area (Å²) in [5.41, 5.74) is -0.181. The average molecular weight is 674 g/mol. The van der Waals surface area contributed by atoms with Crippen LogP contribution in [0.5, 0.6) is 5.75 Å². The summed E-state index contributed by atoms with van der Waals surface area (Å²) in [5.74, 6) is -1.98. The third kappa shape index (κ3) is 9.85. The Morgan fingerprint density at radius 2 is 1.72 bits per heavy atom. The number of hydroxylamine groups is 1. The molecule has 1 aromatic carbocycles. The Labute approximate surface area is 279 Å². The first-order valence-electron chi connectivity index (χ1n) is 16.0. The van der Waals surface area contributed by atoms with Gasteiger partial charge in [0.25, 0.3) is 8.32 Å². The molecule has 0 spiro atoms. The number of fused-ring (bicyclic) bond motifs is 2. The van der Waals surface area contributed by atoms with Crippen molar-refractivity contribution in [1.29, 1.82) is 0 Å². The molecule has 0 aromatic heterocycles. The summed E-state index contributed by atoms with van der Waals surface area (Å²) in [7, 11) is -2.59. The van der Waals surface area contributed by atoms with Crippen LogP contribution in [0.2, 0.25) is 18.1 Å². The van der Waals surface area contributed by atoms with Crippen molar-refractivity contribution in [2.45, 2.75) is 123 Å². The summed E-state index contributed by atoms with van der Waals surface area (Å²) < 4.78 is 30.4. The molecule has 1 aromatic rings. The summed E-state index contributed by atoms with van der Waals surface area (Å²) in [6.45, 7) is 22.1. The van der Waals surface area contributed by atoms with Gasteiger partial charge in [0, 0.05) is 12.0 Å². The molecule has 12 heteroatoms. The normalized spacial score (nSPS) is 25.0. The molecule has 0 aliphatic carbocycles. The van der Waals surface area contributed by atoms with Crippen LogP contribution in [0, 0.1) is 5.92 Å². The minimum absolute atomic E-state index is 0.158. The number of ether oxygens (including phenoxy) is 4. The predicted molar refractivity (Wildman–Crippen MR) is 181 cm³/mol. The van der Waals surface area contributed by atoms with Crippen LogP contribution in [0.15, 0.2) is 30.4 Å². The maximum Gasteiger partial charge on any atom is 0.439 e. The van der Waals surface area contributed by atoms with Crippen LogP contribution in [0.4, 0.5) is 10.5 Å². The van der Waals surface area contributed by atoms with Gasteiger partial charge in [-0.3, -0.25) is 9.63 Å². The summed E-state index contributed by atoms with van der Waals surface area (Å²) in [6.07, 6.45) is 4.51. The molecule has 0 radical (unpaired) electrons. The van der Waals surface area contributed by atoms with Crippen molar-refractivity contribution < 1.29 is 47.4 Å². The number of esters is 1. The topological polar surface area (TPSA) is 127 Å². The van der Waals surface area contributed by atoms with Gasteiger partial charge in [0.2, 0.25) is 0 Å². The van der Waals surface area contributed by atoms with Crippen molar-refractivity contribution in [3.8, 4) is 5.75 Å². The van der Waals surface area contributed by atoms with Crippen LogP contribution < -0.4 is 9.49 Å². The standard InChI is InChI=1S/C35H51NO10Si/c1-22-16-17-26(38)30-27(43-35(9,10)44-30)15-13-14-24-20-25(36(41-19-18-37)32(40)45-33(3,4)5)21-28(29(24)31(39)42-23(22)2)46-47(11,12)34(6,7)8/h13-14,16-18,20-23,27,30H,15,19H2,1-12H3/b14-13+,17-16-/t22-,23+,27+,30-/m1/s1. The highest BCUT2D eigenvalue weighted by Crippen LogP contribution is 2.41. The molecule has 3 rings (SSSR count). The molecule has 2 heterocycles. The average Bonchev–Trinajstić information content (AvgIpc) is 3.23. The fraction of sp³-hybridized carbons (Fsp3) is 0.600. The molecule has 4 atom stereocenters. The number of ketones is 1. The fourth-order valence-electron chi connectivity index (χ4n) is 4.65. The quantitative estimate of drug-likeness (QED) is 0.133. The lowest BCUT2D eigenvalue weighted by Gasteiger charge is -2.37. The number of nitrogens with zero attached hydrogens (tertiary/aromatic N) is 1. The molecule has 0 N–H and O–H groups in total. The van der Waals surface area contributed by atoms with Crippen molar-refractivity contribution in [2.75, 3.05) is 11.7 Å². The lowest BCUT2D eigenvalue weighted by atomic mass is 9.99. The molecule has 11 nitrogen and oxygen atoms in total. The van der Waals surface area contributed by atoms with E-state index in [4.69, 9.17) is 28.2 Å². The van der Waals surface area contributed by atoms with Gasteiger partial charge in [-0.05, 0) is 83.8 Å². The van der Waals surface area contributed by atoms with E-state index in [2.05, 4.69) is 20.8 Å². The van der Waals surface area contributed by atoms with Crippen LogP contribution in [0.3, 0.4) is 0 Å². The van der Waals surface area contributed by atoms with Crippen molar-refractivity contribution in [3.63, 3.8) is 0 Å². The van der Waals surface area contributed by atoms with Gasteiger partial charge in [-0.2, -0.15) is 5.06 Å². The highest BCUT2D eigenvalue weighted by Gasteiger charge is 2.44. The minimum atomic E-state index is -2.59. The lowest BCUT2D eigenvalue weighted by molar-refractivity contribution is -0.152. The number of carbonyl (C=O) groups is 4. The SMILES string of the molecule is C[C@@H]1/C=C\C(=O)[C@H]2OC(C)(C)O[C@H]2C/C=C/c2cc(N(OCC=O)C(=O)OC(C)(C)C)cc(O[Si](C)(C)C(C)(C)C)c2C(=O)O[C@H]1C. The molecule has 1 fully saturated rings. The van der Waals surface area contributed by atoms with Gasteiger partial charge in [-0.25, -0.2) is 9.59 Å². The van der Waals surface area contributed by atoms with Crippen molar-refractivity contribution in [1.82, 2.24) is 0 Å². The maximum absolute atomic E-state index is 14.1. The molecule has 0 saturated carbocycles. The molecule has 47 heavy (non-hydrogen) atoms. The number of cyclic esters (lactones) is 1. The Kier molecular flexibility index (Phi) is 11.7. The Morgan fingerprint density at radius 1 is 1.06 bits per heavy atom. The molecule has 0 unspecified atom stereocenters. The van der Waals surface area contributed by atoms with E-state index in [-0.39, 0.29) is 40.2 Å². The number of hydrogen-bond acceptors (Lipinski definition) is 10. The van der Waals surface area contributed by atoms with Crippen molar-refractivity contribution in [3.05, 3.63) is 41.5 Å². The third-order valence-corrected chi connectivity index (χ3v) is 12.6. The predicted octanol–water partition coefficient (Wildman–Crippen LogP) is 7.19. The van der Waals surface area contributed by atoms with Crippen molar-refractivity contribution in [2.24, 2.45) is 5.92 Å². The second-order valence-corrected chi connectivity index (χ2v) is 19.7. The summed E-state index contributed by atoms with van der Waals surface area (Å²) >= 11 is 0. The van der Waals surface area contributed by atoms with Gasteiger partial charge in [0.1, 0.15) is 42.0 Å². The Bertz CT molecular complexity index is 1400. The van der Waals surface area contributed by atoms with Crippen LogP contribution in [0.1, 0.15) is 91.6 Å². The smallest absolute Gasteiger partial charge is 0.439 e.